The maximum Gasteiger partial charge on any atom is 0.271 e. The highest BCUT2D eigenvalue weighted by Crippen LogP contribution is 2.35. The maximum absolute atomic E-state index is 15.1. The molecule has 0 aliphatic heterocycles. The Hall–Kier alpha value is -2.87. The van der Waals surface area contributed by atoms with Gasteiger partial charge in [0.25, 0.3) is 5.91 Å². The summed E-state index contributed by atoms with van der Waals surface area (Å²) in [4.78, 5) is 21.3. The number of hydrogen-bond donors (Lipinski definition) is 3. The van der Waals surface area contributed by atoms with Crippen LogP contribution in [0.2, 0.25) is 15.2 Å². The third kappa shape index (κ3) is 6.38. The summed E-state index contributed by atoms with van der Waals surface area (Å²) >= 11 is 18.1. The van der Waals surface area contributed by atoms with Gasteiger partial charge in [-0.25, -0.2) is 9.37 Å². The summed E-state index contributed by atoms with van der Waals surface area (Å²) in [6, 6.07) is 9.02. The van der Waals surface area contributed by atoms with Crippen LogP contribution in [0.5, 0.6) is 11.5 Å². The second-order valence-corrected chi connectivity index (χ2v) is 8.43. The Morgan fingerprint density at radius 2 is 2.09 bits per heavy atom. The molecule has 0 atom stereocenters. The molecule has 8 nitrogen and oxygen atoms in total. The van der Waals surface area contributed by atoms with Crippen molar-refractivity contribution >= 4 is 40.7 Å². The van der Waals surface area contributed by atoms with E-state index in [1.54, 1.807) is 11.9 Å². The van der Waals surface area contributed by atoms with Crippen LogP contribution in [-0.4, -0.2) is 46.1 Å². The Balaban J connectivity index is 1.74. The van der Waals surface area contributed by atoms with Crippen molar-refractivity contribution in [2.24, 2.45) is 0 Å². The van der Waals surface area contributed by atoms with Gasteiger partial charge in [0.1, 0.15) is 17.3 Å². The first-order valence-corrected chi connectivity index (χ1v) is 11.0. The van der Waals surface area contributed by atoms with E-state index in [-0.39, 0.29) is 56.7 Å². The van der Waals surface area contributed by atoms with Gasteiger partial charge in [-0.15, -0.1) is 0 Å². The molecule has 2 aromatic carbocycles. The lowest BCUT2D eigenvalue weighted by Crippen LogP contribution is -2.24. The molecule has 1 amide bonds. The van der Waals surface area contributed by atoms with E-state index in [1.807, 2.05) is 6.07 Å². The molecule has 0 spiro atoms. The van der Waals surface area contributed by atoms with E-state index < -0.39 is 11.7 Å². The highest BCUT2D eigenvalue weighted by atomic mass is 35.5. The normalized spacial score (nSPS) is 10.9. The summed E-state index contributed by atoms with van der Waals surface area (Å²) in [5.41, 5.74) is 0.373. The van der Waals surface area contributed by atoms with Crippen LogP contribution < -0.4 is 10.1 Å². The molecule has 0 aliphatic carbocycles. The van der Waals surface area contributed by atoms with Gasteiger partial charge in [-0.05, 0) is 31.3 Å². The number of imidazole rings is 1. The number of nitrogens with one attached hydrogen (secondary N) is 2. The minimum atomic E-state index is -0.784. The van der Waals surface area contributed by atoms with Crippen molar-refractivity contribution in [2.45, 2.75) is 13.1 Å². The van der Waals surface area contributed by atoms with Crippen molar-refractivity contribution in [1.29, 1.82) is 5.26 Å². The average Bonchev–Trinajstić information content (AvgIpc) is 3.15. The summed E-state index contributed by atoms with van der Waals surface area (Å²) in [6.45, 7) is 0.559. The van der Waals surface area contributed by atoms with Gasteiger partial charge >= 0.3 is 0 Å². The minimum Gasteiger partial charge on any atom is -0.453 e. The zero-order valence-corrected chi connectivity index (χ0v) is 20.1. The van der Waals surface area contributed by atoms with Crippen molar-refractivity contribution < 1.29 is 19.0 Å². The van der Waals surface area contributed by atoms with E-state index in [9.17, 15) is 4.79 Å². The highest BCUT2D eigenvalue weighted by Gasteiger charge is 2.19. The van der Waals surface area contributed by atoms with Crippen LogP contribution in [-0.2, 0) is 13.1 Å². The van der Waals surface area contributed by atoms with Gasteiger partial charge in [0.15, 0.2) is 16.7 Å². The third-order valence-corrected chi connectivity index (χ3v) is 5.42. The van der Waals surface area contributed by atoms with Crippen molar-refractivity contribution in [3.8, 4) is 17.6 Å². The highest BCUT2D eigenvalue weighted by molar-refractivity contribution is 6.32. The first-order valence-electron chi connectivity index (χ1n) is 9.89. The fourth-order valence-corrected chi connectivity index (χ4v) is 3.64. The Bertz CT molecular complexity index is 1250. The number of benzene rings is 2. The van der Waals surface area contributed by atoms with Crippen molar-refractivity contribution in [2.75, 3.05) is 20.2 Å². The van der Waals surface area contributed by atoms with Gasteiger partial charge in [0.05, 0.1) is 29.8 Å². The number of halogens is 4. The van der Waals surface area contributed by atoms with Crippen LogP contribution in [0.1, 0.15) is 27.4 Å². The Labute approximate surface area is 209 Å². The molecule has 178 valence electrons. The van der Waals surface area contributed by atoms with Crippen molar-refractivity contribution in [3.05, 3.63) is 74.0 Å². The fourth-order valence-electron chi connectivity index (χ4n) is 3.00. The van der Waals surface area contributed by atoms with Gasteiger partial charge < -0.3 is 20.1 Å². The van der Waals surface area contributed by atoms with Gasteiger partial charge in [-0.2, -0.15) is 5.26 Å². The van der Waals surface area contributed by atoms with Crippen molar-refractivity contribution in [3.63, 3.8) is 0 Å². The van der Waals surface area contributed by atoms with E-state index in [0.29, 0.717) is 18.9 Å². The number of likely N-dealkylation sites (N-methyl/N-ethyl adjacent to an activating group) is 1. The number of hydrogen-bond acceptors (Lipinski definition) is 6. The van der Waals surface area contributed by atoms with Crippen LogP contribution in [0, 0.1) is 17.1 Å². The number of aromatic amines is 1. The summed E-state index contributed by atoms with van der Waals surface area (Å²) in [5, 5.41) is 20.9. The Morgan fingerprint density at radius 1 is 1.32 bits per heavy atom. The summed E-state index contributed by atoms with van der Waals surface area (Å²) in [6.07, 6.45) is 0. The summed E-state index contributed by atoms with van der Waals surface area (Å²) in [5.74, 6) is -1.06. The van der Waals surface area contributed by atoms with E-state index >= 15 is 4.39 Å². The van der Waals surface area contributed by atoms with Crippen LogP contribution in [0.25, 0.3) is 0 Å². The number of aliphatic hydroxyl groups excluding tert-OH is 1. The molecule has 3 N–H and O–H groups in total. The summed E-state index contributed by atoms with van der Waals surface area (Å²) in [7, 11) is 1.78. The third-order valence-electron chi connectivity index (χ3n) is 4.63. The van der Waals surface area contributed by atoms with Gasteiger partial charge in [-0.1, -0.05) is 40.9 Å². The van der Waals surface area contributed by atoms with Crippen LogP contribution >= 0.6 is 34.8 Å². The minimum absolute atomic E-state index is 0.000636. The first kappa shape index (κ1) is 25.7. The van der Waals surface area contributed by atoms with Crippen LogP contribution in [0.3, 0.4) is 0 Å². The van der Waals surface area contributed by atoms with E-state index in [0.717, 1.165) is 0 Å². The standard InChI is InChI=1S/C22H19Cl3FN5O3/c1-31(4-5-32)11-17-29-19(21(25)30-17)22(33)28-10-13-2-3-16(24)20(18(13)26)34-15-7-12(9-27)6-14(23)8-15/h2-3,6-8,32H,4-5,10-11H2,1H3,(H,28,33)(H,29,30). The fraction of sp³-hybridized carbons (Fsp3) is 0.227. The lowest BCUT2D eigenvalue weighted by atomic mass is 10.2. The molecule has 0 aliphatic rings. The number of rotatable bonds is 9. The second kappa shape index (κ2) is 11.5. The lowest BCUT2D eigenvalue weighted by molar-refractivity contribution is 0.0946. The number of nitriles is 1. The molecule has 0 saturated carbocycles. The maximum atomic E-state index is 15.1. The van der Waals surface area contributed by atoms with Gasteiger partial charge in [0, 0.05) is 23.7 Å². The summed E-state index contributed by atoms with van der Waals surface area (Å²) < 4.78 is 20.7. The zero-order valence-electron chi connectivity index (χ0n) is 17.8. The molecular formula is C22H19Cl3FN5O3. The molecule has 3 rings (SSSR count). The first-order chi connectivity index (χ1) is 16.2. The number of aliphatic hydroxyl groups is 1. The van der Waals surface area contributed by atoms with Crippen molar-refractivity contribution in [1.82, 2.24) is 20.2 Å². The number of amides is 1. The lowest BCUT2D eigenvalue weighted by Gasteiger charge is -2.13. The molecular weight excluding hydrogens is 508 g/mol. The molecule has 1 heterocycles. The molecule has 3 aromatic rings. The molecule has 0 bridgehead atoms. The van der Waals surface area contributed by atoms with E-state index in [4.69, 9.17) is 49.9 Å². The predicted octanol–water partition coefficient (Wildman–Crippen LogP) is 4.53. The topological polar surface area (TPSA) is 114 Å². The molecule has 0 unspecified atom stereocenters. The largest absolute Gasteiger partial charge is 0.453 e. The molecule has 12 heteroatoms. The number of nitrogens with zero attached hydrogens (tertiary/aromatic N) is 3. The van der Waals surface area contributed by atoms with Crippen LogP contribution in [0.15, 0.2) is 30.3 Å². The molecule has 0 saturated heterocycles. The van der Waals surface area contributed by atoms with Crippen LogP contribution in [0.4, 0.5) is 4.39 Å². The quantitative estimate of drug-likeness (QED) is 0.377. The van der Waals surface area contributed by atoms with E-state index in [2.05, 4.69) is 15.3 Å². The SMILES string of the molecule is CN(CCO)Cc1nc(Cl)c(C(=O)NCc2ccc(Cl)c(Oc3cc(Cl)cc(C#N)c3)c2F)[nH]1. The average molecular weight is 527 g/mol. The van der Waals surface area contributed by atoms with Gasteiger partial charge in [0.2, 0.25) is 0 Å². The molecule has 1 aromatic heterocycles. The number of carbonyl (C=O) groups is 1. The number of carbonyl (C=O) groups excluding carboxylic acids is 1. The Kier molecular flexibility index (Phi) is 8.72. The second-order valence-electron chi connectivity index (χ2n) is 7.23. The number of aromatic nitrogens is 2. The van der Waals surface area contributed by atoms with Gasteiger partial charge in [-0.3, -0.25) is 9.69 Å². The molecule has 0 fully saturated rings. The predicted molar refractivity (Wildman–Crippen MR) is 126 cm³/mol. The monoisotopic (exact) mass is 525 g/mol. The number of ether oxygens (including phenoxy) is 1. The number of H-pyrrole nitrogens is 1. The zero-order chi connectivity index (χ0) is 24.8. The van der Waals surface area contributed by atoms with E-state index in [1.165, 1.54) is 30.3 Å². The molecule has 0 radical (unpaired) electrons. The molecule has 34 heavy (non-hydrogen) atoms. The Morgan fingerprint density at radius 3 is 2.79 bits per heavy atom. The smallest absolute Gasteiger partial charge is 0.271 e.